The molecule has 3 heterocycles. The van der Waals surface area contributed by atoms with Crippen molar-refractivity contribution < 1.29 is 0 Å². The zero-order valence-corrected chi connectivity index (χ0v) is 15.3. The summed E-state index contributed by atoms with van der Waals surface area (Å²) in [4.78, 5) is 14.3. The Balaban J connectivity index is 1.49. The van der Waals surface area contributed by atoms with E-state index in [2.05, 4.69) is 34.0 Å². The Kier molecular flexibility index (Phi) is 4.75. The largest absolute Gasteiger partial charge is 0.354 e. The van der Waals surface area contributed by atoms with Crippen molar-refractivity contribution >= 4 is 16.9 Å². The SMILES string of the molecule is Cc1nc2ccccc2nc1CN(C)[C@@H]1CCCN(c2cccnn2)C1. The van der Waals surface area contributed by atoms with Gasteiger partial charge in [-0.15, -0.1) is 5.10 Å². The summed E-state index contributed by atoms with van der Waals surface area (Å²) in [5.41, 5.74) is 3.99. The summed E-state index contributed by atoms with van der Waals surface area (Å²) in [6.45, 7) is 4.87. The lowest BCUT2D eigenvalue weighted by Gasteiger charge is -2.38. The van der Waals surface area contributed by atoms with Crippen LogP contribution < -0.4 is 4.90 Å². The van der Waals surface area contributed by atoms with Crippen LogP contribution in [0.25, 0.3) is 11.0 Å². The van der Waals surface area contributed by atoms with Gasteiger partial charge in [0.2, 0.25) is 0 Å². The molecule has 1 aliphatic rings. The Labute approximate surface area is 153 Å². The normalized spacial score (nSPS) is 17.8. The Bertz CT molecular complexity index is 882. The molecule has 1 aromatic carbocycles. The van der Waals surface area contributed by atoms with Gasteiger partial charge in [0.25, 0.3) is 0 Å². The Morgan fingerprint density at radius 3 is 2.69 bits per heavy atom. The van der Waals surface area contributed by atoms with Gasteiger partial charge in [-0.3, -0.25) is 4.90 Å². The van der Waals surface area contributed by atoms with E-state index in [1.165, 1.54) is 6.42 Å². The Morgan fingerprint density at radius 2 is 1.92 bits per heavy atom. The minimum Gasteiger partial charge on any atom is -0.354 e. The van der Waals surface area contributed by atoms with E-state index in [1.807, 2.05) is 36.4 Å². The number of likely N-dealkylation sites (N-methyl/N-ethyl adjacent to an activating group) is 1. The molecule has 2 aromatic heterocycles. The highest BCUT2D eigenvalue weighted by Crippen LogP contribution is 2.21. The molecule has 0 aliphatic carbocycles. The molecule has 1 aliphatic heterocycles. The second kappa shape index (κ2) is 7.33. The number of nitrogens with zero attached hydrogens (tertiary/aromatic N) is 6. The third kappa shape index (κ3) is 3.51. The third-order valence-electron chi connectivity index (χ3n) is 5.14. The highest BCUT2D eigenvalue weighted by atomic mass is 15.3. The molecule has 0 radical (unpaired) electrons. The number of hydrogen-bond acceptors (Lipinski definition) is 6. The molecule has 3 aromatic rings. The lowest BCUT2D eigenvalue weighted by atomic mass is 10.0. The maximum Gasteiger partial charge on any atom is 0.151 e. The van der Waals surface area contributed by atoms with Gasteiger partial charge in [-0.1, -0.05) is 12.1 Å². The van der Waals surface area contributed by atoms with Crippen LogP contribution in [-0.2, 0) is 6.54 Å². The van der Waals surface area contributed by atoms with Gasteiger partial charge in [0.15, 0.2) is 5.82 Å². The predicted molar refractivity (Wildman–Crippen MR) is 103 cm³/mol. The summed E-state index contributed by atoms with van der Waals surface area (Å²) >= 11 is 0. The topological polar surface area (TPSA) is 58.0 Å². The number of benzene rings is 1. The second-order valence-electron chi connectivity index (χ2n) is 6.98. The average Bonchev–Trinajstić information content (AvgIpc) is 2.69. The Morgan fingerprint density at radius 1 is 1.12 bits per heavy atom. The molecule has 0 saturated carbocycles. The van der Waals surface area contributed by atoms with Crippen LogP contribution in [0.4, 0.5) is 5.82 Å². The number of fused-ring (bicyclic) bond motifs is 1. The standard InChI is InChI=1S/C20H24N6/c1-15-19(23-18-9-4-3-8-17(18)22-15)14-25(2)16-7-6-12-26(13-16)20-10-5-11-21-24-20/h3-5,8-11,16H,6-7,12-14H2,1-2H3/t16-/m1/s1. The molecule has 1 saturated heterocycles. The highest BCUT2D eigenvalue weighted by Gasteiger charge is 2.25. The maximum absolute atomic E-state index is 4.85. The van der Waals surface area contributed by atoms with Crippen molar-refractivity contribution in [1.82, 2.24) is 25.1 Å². The van der Waals surface area contributed by atoms with Gasteiger partial charge in [-0.05, 0) is 51.1 Å². The Hall–Kier alpha value is -2.60. The van der Waals surface area contributed by atoms with Gasteiger partial charge in [0.1, 0.15) is 0 Å². The quantitative estimate of drug-likeness (QED) is 0.723. The van der Waals surface area contributed by atoms with Crippen LogP contribution in [0.15, 0.2) is 42.6 Å². The maximum atomic E-state index is 4.85. The first-order chi connectivity index (χ1) is 12.7. The van der Waals surface area contributed by atoms with Crippen LogP contribution in [0.5, 0.6) is 0 Å². The fourth-order valence-corrected chi connectivity index (χ4v) is 3.62. The monoisotopic (exact) mass is 348 g/mol. The van der Waals surface area contributed by atoms with Crippen LogP contribution in [0.2, 0.25) is 0 Å². The summed E-state index contributed by atoms with van der Waals surface area (Å²) in [5.74, 6) is 0.965. The minimum atomic E-state index is 0.471. The van der Waals surface area contributed by atoms with Crippen LogP contribution in [0.1, 0.15) is 24.2 Å². The molecule has 6 nitrogen and oxygen atoms in total. The zero-order valence-electron chi connectivity index (χ0n) is 15.3. The van der Waals surface area contributed by atoms with Gasteiger partial charge < -0.3 is 4.90 Å². The number of aryl methyl sites for hydroxylation is 1. The molecule has 0 unspecified atom stereocenters. The third-order valence-corrected chi connectivity index (χ3v) is 5.14. The molecule has 0 N–H and O–H groups in total. The molecule has 0 spiro atoms. The first kappa shape index (κ1) is 16.8. The summed E-state index contributed by atoms with van der Waals surface area (Å²) < 4.78 is 0. The first-order valence-corrected chi connectivity index (χ1v) is 9.16. The molecule has 0 amide bonds. The molecular formula is C20H24N6. The lowest BCUT2D eigenvalue weighted by Crippen LogP contribution is -2.46. The zero-order chi connectivity index (χ0) is 17.9. The van der Waals surface area contributed by atoms with Crippen molar-refractivity contribution in [2.24, 2.45) is 0 Å². The van der Waals surface area contributed by atoms with E-state index >= 15 is 0 Å². The first-order valence-electron chi connectivity index (χ1n) is 9.16. The fourth-order valence-electron chi connectivity index (χ4n) is 3.62. The molecule has 6 heteroatoms. The lowest BCUT2D eigenvalue weighted by molar-refractivity contribution is 0.205. The molecule has 1 atom stereocenters. The van der Waals surface area contributed by atoms with E-state index in [1.54, 1.807) is 6.20 Å². The van der Waals surface area contributed by atoms with E-state index in [9.17, 15) is 0 Å². The van der Waals surface area contributed by atoms with Crippen molar-refractivity contribution in [2.75, 3.05) is 25.0 Å². The summed E-state index contributed by atoms with van der Waals surface area (Å²) in [6, 6.07) is 12.5. The average molecular weight is 348 g/mol. The van der Waals surface area contributed by atoms with Gasteiger partial charge in [0.05, 0.1) is 22.4 Å². The van der Waals surface area contributed by atoms with E-state index in [-0.39, 0.29) is 0 Å². The van der Waals surface area contributed by atoms with Crippen LogP contribution >= 0.6 is 0 Å². The van der Waals surface area contributed by atoms with Crippen LogP contribution in [0.3, 0.4) is 0 Å². The predicted octanol–water partition coefficient (Wildman–Crippen LogP) is 2.83. The summed E-state index contributed by atoms with van der Waals surface area (Å²) in [5, 5.41) is 8.28. The number of para-hydroxylation sites is 2. The van der Waals surface area contributed by atoms with Crippen molar-refractivity contribution in [2.45, 2.75) is 32.4 Å². The van der Waals surface area contributed by atoms with E-state index in [0.29, 0.717) is 6.04 Å². The van der Waals surface area contributed by atoms with Gasteiger partial charge in [-0.2, -0.15) is 5.10 Å². The van der Waals surface area contributed by atoms with Crippen molar-refractivity contribution in [1.29, 1.82) is 0 Å². The van der Waals surface area contributed by atoms with E-state index in [4.69, 9.17) is 9.97 Å². The number of aromatic nitrogens is 4. The van der Waals surface area contributed by atoms with Crippen molar-refractivity contribution in [3.05, 3.63) is 54.0 Å². The molecule has 1 fully saturated rings. The van der Waals surface area contributed by atoms with Crippen molar-refractivity contribution in [3.8, 4) is 0 Å². The molecule has 4 rings (SSSR count). The molecular weight excluding hydrogens is 324 g/mol. The number of piperidine rings is 1. The molecule has 0 bridgehead atoms. The number of hydrogen-bond donors (Lipinski definition) is 0. The van der Waals surface area contributed by atoms with Gasteiger partial charge >= 0.3 is 0 Å². The minimum absolute atomic E-state index is 0.471. The number of anilines is 1. The smallest absolute Gasteiger partial charge is 0.151 e. The number of rotatable bonds is 4. The highest BCUT2D eigenvalue weighted by molar-refractivity contribution is 5.74. The van der Waals surface area contributed by atoms with Crippen LogP contribution in [0, 0.1) is 6.92 Å². The van der Waals surface area contributed by atoms with E-state index in [0.717, 1.165) is 54.3 Å². The second-order valence-corrected chi connectivity index (χ2v) is 6.98. The molecule has 26 heavy (non-hydrogen) atoms. The van der Waals surface area contributed by atoms with Crippen LogP contribution in [-0.4, -0.2) is 51.2 Å². The van der Waals surface area contributed by atoms with Gasteiger partial charge in [-0.25, -0.2) is 9.97 Å². The summed E-state index contributed by atoms with van der Waals surface area (Å²) in [7, 11) is 2.18. The molecule has 134 valence electrons. The van der Waals surface area contributed by atoms with Gasteiger partial charge in [0, 0.05) is 31.9 Å². The fraction of sp³-hybridized carbons (Fsp3) is 0.400. The summed E-state index contributed by atoms with van der Waals surface area (Å²) in [6.07, 6.45) is 4.07. The van der Waals surface area contributed by atoms with E-state index < -0.39 is 0 Å². The van der Waals surface area contributed by atoms with Crippen molar-refractivity contribution in [3.63, 3.8) is 0 Å².